The summed E-state index contributed by atoms with van der Waals surface area (Å²) in [5, 5.41) is 0. The van der Waals surface area contributed by atoms with Gasteiger partial charge in [0.25, 0.3) is 0 Å². The van der Waals surface area contributed by atoms with Crippen LogP contribution in [-0.4, -0.2) is 0 Å². The number of unbranched alkanes of at least 4 members (excludes halogenated alkanes) is 1. The highest BCUT2D eigenvalue weighted by Gasteiger charge is 2.01. The molecule has 0 saturated carbocycles. The van der Waals surface area contributed by atoms with Gasteiger partial charge in [0, 0.05) is 25.5 Å². The summed E-state index contributed by atoms with van der Waals surface area (Å²) >= 11 is 0. The van der Waals surface area contributed by atoms with E-state index in [1.165, 1.54) is 18.5 Å². The molecule has 1 rings (SSSR count). The first-order chi connectivity index (χ1) is 5.34. The van der Waals surface area contributed by atoms with Gasteiger partial charge in [-0.1, -0.05) is 19.4 Å². The van der Waals surface area contributed by atoms with Gasteiger partial charge in [0.15, 0.2) is 11.9 Å². The minimum atomic E-state index is 0. The molecule has 0 radical (unpaired) electrons. The van der Waals surface area contributed by atoms with Crippen molar-refractivity contribution in [1.82, 2.24) is 0 Å². The molecule has 12 heavy (non-hydrogen) atoms. The van der Waals surface area contributed by atoms with Gasteiger partial charge in [-0.2, -0.15) is 0 Å². The highest BCUT2D eigenvalue weighted by Crippen LogP contribution is 1.91. The average Bonchev–Trinajstić information content (AvgIpc) is 2.03. The highest BCUT2D eigenvalue weighted by molar-refractivity contribution is 4.93. The van der Waals surface area contributed by atoms with Crippen molar-refractivity contribution in [3.05, 3.63) is 30.1 Å². The number of halogens is 1. The largest absolute Gasteiger partial charge is 1.00 e. The van der Waals surface area contributed by atoms with Crippen LogP contribution >= 0.6 is 0 Å². The van der Waals surface area contributed by atoms with Crippen molar-refractivity contribution < 1.29 is 9.27 Å². The van der Waals surface area contributed by atoms with Gasteiger partial charge in [-0.15, -0.1) is 0 Å². The fourth-order valence-electron chi connectivity index (χ4n) is 1.14. The molecular weight excluding hydrogens is 153 g/mol. The maximum Gasteiger partial charge on any atom is 0.178 e. The van der Waals surface area contributed by atoms with Gasteiger partial charge in [-0.05, 0) is 0 Å². The Morgan fingerprint density at radius 2 is 2.08 bits per heavy atom. The highest BCUT2D eigenvalue weighted by atomic mass is 19.0. The van der Waals surface area contributed by atoms with Gasteiger partial charge in [0.1, 0.15) is 6.54 Å². The van der Waals surface area contributed by atoms with E-state index in [-0.39, 0.29) is 4.70 Å². The van der Waals surface area contributed by atoms with Crippen LogP contribution in [0.1, 0.15) is 25.5 Å². The van der Waals surface area contributed by atoms with Gasteiger partial charge < -0.3 is 4.70 Å². The zero-order valence-electron chi connectivity index (χ0n) is 7.76. The number of aromatic nitrogens is 1. The third-order valence-corrected chi connectivity index (χ3v) is 1.92. The third-order valence-electron chi connectivity index (χ3n) is 1.92. The molecule has 0 aromatic carbocycles. The van der Waals surface area contributed by atoms with Gasteiger partial charge in [-0.3, -0.25) is 0 Å². The molecule has 0 amide bonds. The molecule has 0 aliphatic carbocycles. The predicted octanol–water partition coefficient (Wildman–Crippen LogP) is -0.913. The lowest BCUT2D eigenvalue weighted by molar-refractivity contribution is -0.703. The summed E-state index contributed by atoms with van der Waals surface area (Å²) in [5.74, 6) is 0. The SMILES string of the molecule is CCCC[n+]1ccccc1C.[F-]. The Kier molecular flexibility index (Phi) is 5.26. The van der Waals surface area contributed by atoms with Crippen LogP contribution in [0.4, 0.5) is 0 Å². The Morgan fingerprint density at radius 1 is 1.33 bits per heavy atom. The summed E-state index contributed by atoms with van der Waals surface area (Å²) in [7, 11) is 0. The van der Waals surface area contributed by atoms with Crippen molar-refractivity contribution >= 4 is 0 Å². The van der Waals surface area contributed by atoms with E-state index >= 15 is 0 Å². The molecule has 0 saturated heterocycles. The van der Waals surface area contributed by atoms with Crippen LogP contribution in [0.5, 0.6) is 0 Å². The topological polar surface area (TPSA) is 3.88 Å². The van der Waals surface area contributed by atoms with Gasteiger partial charge in [0.2, 0.25) is 0 Å². The molecule has 1 nitrogen and oxygen atoms in total. The zero-order chi connectivity index (χ0) is 8.10. The number of aryl methyl sites for hydroxylation is 2. The number of nitrogens with zero attached hydrogens (tertiary/aromatic N) is 1. The number of pyridine rings is 1. The van der Waals surface area contributed by atoms with Crippen LogP contribution < -0.4 is 9.27 Å². The molecule has 0 spiro atoms. The van der Waals surface area contributed by atoms with Crippen LogP contribution in [0.25, 0.3) is 0 Å². The molecule has 0 unspecified atom stereocenters. The van der Waals surface area contributed by atoms with E-state index < -0.39 is 0 Å². The minimum absolute atomic E-state index is 0. The van der Waals surface area contributed by atoms with E-state index in [1.54, 1.807) is 0 Å². The molecule has 0 atom stereocenters. The standard InChI is InChI=1S/C10H16N.FH/c1-3-4-8-11-9-6-5-7-10(11)2;/h5-7,9H,3-4,8H2,1-2H3;1H/q+1;/p-1. The Hall–Kier alpha value is -0.920. The van der Waals surface area contributed by atoms with Crippen molar-refractivity contribution in [2.45, 2.75) is 33.2 Å². The van der Waals surface area contributed by atoms with E-state index in [0.29, 0.717) is 0 Å². The van der Waals surface area contributed by atoms with Gasteiger partial charge in [0.05, 0.1) is 0 Å². The summed E-state index contributed by atoms with van der Waals surface area (Å²) < 4.78 is 2.30. The van der Waals surface area contributed by atoms with E-state index in [9.17, 15) is 0 Å². The van der Waals surface area contributed by atoms with Gasteiger partial charge >= 0.3 is 0 Å². The minimum Gasteiger partial charge on any atom is -1.00 e. The first-order valence-corrected chi connectivity index (χ1v) is 4.29. The number of hydrogen-bond acceptors (Lipinski definition) is 0. The Morgan fingerprint density at radius 3 is 2.67 bits per heavy atom. The quantitative estimate of drug-likeness (QED) is 0.516. The smallest absolute Gasteiger partial charge is 0.178 e. The lowest BCUT2D eigenvalue weighted by Gasteiger charge is -1.97. The van der Waals surface area contributed by atoms with Crippen molar-refractivity contribution in [1.29, 1.82) is 0 Å². The summed E-state index contributed by atoms with van der Waals surface area (Å²) in [6, 6.07) is 6.32. The lowest BCUT2D eigenvalue weighted by atomic mass is 10.3. The Bertz CT molecular complexity index is 223. The fourth-order valence-corrected chi connectivity index (χ4v) is 1.14. The van der Waals surface area contributed by atoms with Crippen LogP contribution in [0, 0.1) is 6.92 Å². The molecule has 68 valence electrons. The van der Waals surface area contributed by atoms with Crippen LogP contribution in [0.2, 0.25) is 0 Å². The second-order valence-electron chi connectivity index (χ2n) is 2.89. The van der Waals surface area contributed by atoms with E-state index in [0.717, 1.165) is 6.54 Å². The predicted molar refractivity (Wildman–Crippen MR) is 46.3 cm³/mol. The number of rotatable bonds is 3. The van der Waals surface area contributed by atoms with Crippen LogP contribution in [-0.2, 0) is 6.54 Å². The molecule has 0 N–H and O–H groups in total. The maximum atomic E-state index is 2.30. The van der Waals surface area contributed by atoms with Crippen molar-refractivity contribution in [3.63, 3.8) is 0 Å². The molecule has 1 aromatic rings. The molecule has 1 aromatic heterocycles. The molecule has 0 aliphatic rings. The van der Waals surface area contributed by atoms with Crippen LogP contribution in [0.3, 0.4) is 0 Å². The number of hydrogen-bond donors (Lipinski definition) is 0. The first-order valence-electron chi connectivity index (χ1n) is 4.29. The molecule has 0 aliphatic heterocycles. The average molecular weight is 169 g/mol. The fraction of sp³-hybridized carbons (Fsp3) is 0.500. The maximum absolute atomic E-state index is 2.30. The van der Waals surface area contributed by atoms with Crippen molar-refractivity contribution in [2.24, 2.45) is 0 Å². The molecule has 1 heterocycles. The summed E-state index contributed by atoms with van der Waals surface area (Å²) in [4.78, 5) is 0. The van der Waals surface area contributed by atoms with Crippen molar-refractivity contribution in [3.8, 4) is 0 Å². The molecule has 2 heteroatoms. The second-order valence-corrected chi connectivity index (χ2v) is 2.89. The summed E-state index contributed by atoms with van der Waals surface area (Å²) in [6.45, 7) is 5.53. The van der Waals surface area contributed by atoms with E-state index in [2.05, 4.69) is 42.8 Å². The van der Waals surface area contributed by atoms with Crippen LogP contribution in [0.15, 0.2) is 24.4 Å². The Balaban J connectivity index is 0.00000121. The monoisotopic (exact) mass is 169 g/mol. The van der Waals surface area contributed by atoms with Crippen molar-refractivity contribution in [2.75, 3.05) is 0 Å². The lowest BCUT2D eigenvalue weighted by Crippen LogP contribution is -3.00. The normalized spacial score (nSPS) is 9.17. The zero-order valence-corrected chi connectivity index (χ0v) is 7.76. The second kappa shape index (κ2) is 5.70. The molecule has 0 fully saturated rings. The van der Waals surface area contributed by atoms with E-state index in [1.807, 2.05) is 0 Å². The first kappa shape index (κ1) is 11.1. The summed E-state index contributed by atoms with van der Waals surface area (Å²) in [5.41, 5.74) is 1.35. The molecule has 0 bridgehead atoms. The van der Waals surface area contributed by atoms with Gasteiger partial charge in [-0.25, -0.2) is 4.57 Å². The Labute approximate surface area is 73.4 Å². The third kappa shape index (κ3) is 2.99. The molecular formula is C10H16FN. The van der Waals surface area contributed by atoms with E-state index in [4.69, 9.17) is 0 Å². The summed E-state index contributed by atoms with van der Waals surface area (Å²) in [6.07, 6.45) is 4.68.